The minimum absolute atomic E-state index is 0.0345. The lowest BCUT2D eigenvalue weighted by atomic mass is 9.70. The number of allylic oxidation sites excluding steroid dienone is 1. The van der Waals surface area contributed by atoms with Crippen LogP contribution in [-0.2, 0) is 39.8 Å². The van der Waals surface area contributed by atoms with Gasteiger partial charge in [0.15, 0.2) is 0 Å². The van der Waals surface area contributed by atoms with Crippen LogP contribution < -0.4 is 10.2 Å². The Kier molecular flexibility index (Phi) is 12.9. The highest BCUT2D eigenvalue weighted by molar-refractivity contribution is 6.34. The van der Waals surface area contributed by atoms with E-state index >= 15 is 9.59 Å². The molecule has 2 bridgehead atoms. The molecule has 0 aliphatic carbocycles. The highest BCUT2D eigenvalue weighted by Gasteiger charge is 2.76. The summed E-state index contributed by atoms with van der Waals surface area (Å²) in [4.78, 5) is 60.7. The molecule has 0 aromatic heterocycles. The second-order valence-corrected chi connectivity index (χ2v) is 14.6. The number of aliphatic hydroxyl groups excluding tert-OH is 1. The normalized spacial score (nSPS) is 24.1. The topological polar surface area (TPSA) is 135 Å². The first-order valence-corrected chi connectivity index (χ1v) is 19.0. The van der Waals surface area contributed by atoms with E-state index in [-0.39, 0.29) is 31.9 Å². The van der Waals surface area contributed by atoms with E-state index in [2.05, 4.69) is 18.5 Å². The molecule has 3 aliphatic heterocycles. The number of anilines is 1. The zero-order chi connectivity index (χ0) is 39.1. The molecule has 290 valence electrons. The van der Waals surface area contributed by atoms with Crippen LogP contribution in [0.4, 0.5) is 5.69 Å². The van der Waals surface area contributed by atoms with Gasteiger partial charge in [0.25, 0.3) is 5.91 Å². The van der Waals surface area contributed by atoms with E-state index in [0.717, 1.165) is 5.56 Å². The quantitative estimate of drug-likeness (QED) is 0.133. The maximum absolute atomic E-state index is 15.1. The Balaban J connectivity index is 1.39. The Morgan fingerprint density at radius 2 is 1.75 bits per heavy atom. The first-order chi connectivity index (χ1) is 26.7. The third kappa shape index (κ3) is 7.98. The van der Waals surface area contributed by atoms with Crippen LogP contribution in [0.2, 0.25) is 5.02 Å². The second-order valence-electron chi connectivity index (χ2n) is 14.2. The molecular formula is C43H48ClN3O8. The Hall–Kier alpha value is -4.81. The molecular weight excluding hydrogens is 722 g/mol. The lowest BCUT2D eigenvalue weighted by Crippen LogP contribution is -2.59. The number of ether oxygens (including phenoxy) is 3. The van der Waals surface area contributed by atoms with Crippen molar-refractivity contribution >= 4 is 41.0 Å². The number of methoxy groups -OCH3 is 1. The van der Waals surface area contributed by atoms with Crippen molar-refractivity contribution in [1.29, 1.82) is 0 Å². The number of fused-ring (bicyclic) bond motifs is 1. The van der Waals surface area contributed by atoms with Crippen LogP contribution in [0, 0.1) is 11.8 Å². The van der Waals surface area contributed by atoms with Crippen molar-refractivity contribution in [2.75, 3.05) is 31.8 Å². The minimum Gasteiger partial charge on any atom is -0.455 e. The molecule has 0 saturated carbocycles. The van der Waals surface area contributed by atoms with Crippen molar-refractivity contribution in [3.8, 4) is 0 Å². The van der Waals surface area contributed by atoms with Gasteiger partial charge in [-0.3, -0.25) is 19.2 Å². The molecule has 3 saturated heterocycles. The van der Waals surface area contributed by atoms with Crippen molar-refractivity contribution in [2.45, 2.75) is 68.0 Å². The average Bonchev–Trinajstić information content (AvgIpc) is 3.85. The molecule has 3 aromatic rings. The van der Waals surface area contributed by atoms with Gasteiger partial charge in [-0.05, 0) is 48.9 Å². The summed E-state index contributed by atoms with van der Waals surface area (Å²) >= 11 is 6.64. The standard InChI is InChI=1S/C43H48ClN3O8/c1-4-6-21-35(49)45-32(27-53-3)38(29-17-11-8-12-18-29)54-42(52)36-34-22-23-43(55-34)37(36)40(50)47(30(26-48)25-28-15-9-7-10-16-28)39(43)41(51)46(24-5-2)33-20-14-13-19-31(33)44/h4-5,7-20,30,32,34,36-39,48H,1-2,6,21-27H2,3H3,(H,45,49)/t30-,32-,34+,36-,37-,38-,39+,43-/m1/s1. The summed E-state index contributed by atoms with van der Waals surface area (Å²) in [5.41, 5.74) is 0.505. The fraction of sp³-hybridized carbons (Fsp3) is 0.395. The fourth-order valence-corrected chi connectivity index (χ4v) is 8.79. The molecule has 3 fully saturated rings. The van der Waals surface area contributed by atoms with E-state index in [0.29, 0.717) is 35.5 Å². The van der Waals surface area contributed by atoms with Gasteiger partial charge in [-0.2, -0.15) is 0 Å². The molecule has 3 heterocycles. The van der Waals surface area contributed by atoms with Gasteiger partial charge >= 0.3 is 5.97 Å². The molecule has 11 nitrogen and oxygen atoms in total. The van der Waals surface area contributed by atoms with E-state index < -0.39 is 72.2 Å². The van der Waals surface area contributed by atoms with E-state index in [1.807, 2.05) is 36.4 Å². The zero-order valence-corrected chi connectivity index (χ0v) is 31.7. The predicted molar refractivity (Wildman–Crippen MR) is 208 cm³/mol. The van der Waals surface area contributed by atoms with E-state index in [9.17, 15) is 14.7 Å². The molecule has 6 rings (SSSR count). The Morgan fingerprint density at radius 1 is 1.05 bits per heavy atom. The minimum atomic E-state index is -1.40. The lowest BCUT2D eigenvalue weighted by Gasteiger charge is -2.39. The second kappa shape index (κ2) is 17.8. The predicted octanol–water partition coefficient (Wildman–Crippen LogP) is 5.22. The number of nitrogens with one attached hydrogen (secondary N) is 1. The van der Waals surface area contributed by atoms with Crippen molar-refractivity contribution in [3.05, 3.63) is 126 Å². The van der Waals surface area contributed by atoms with Crippen LogP contribution in [0.25, 0.3) is 0 Å². The SMILES string of the molecule is C=CCCC(=O)N[C@H](COC)[C@H](OC(=O)[C@@H]1[C@@H]2CC[C@]3(O2)[C@H](C(=O)N(CC=C)c2ccccc2Cl)N([C@@H](CO)Cc2ccccc2)C(=O)[C@@H]13)c1ccccc1. The molecule has 0 unspecified atom stereocenters. The summed E-state index contributed by atoms with van der Waals surface area (Å²) in [7, 11) is 1.49. The van der Waals surface area contributed by atoms with Crippen LogP contribution >= 0.6 is 11.6 Å². The smallest absolute Gasteiger partial charge is 0.313 e. The molecule has 0 radical (unpaired) electrons. The number of rotatable bonds is 18. The number of hydrogen-bond acceptors (Lipinski definition) is 8. The number of nitrogens with zero attached hydrogens (tertiary/aromatic N) is 2. The van der Waals surface area contributed by atoms with Gasteiger partial charge in [0.05, 0.1) is 53.9 Å². The summed E-state index contributed by atoms with van der Waals surface area (Å²) in [6.45, 7) is 7.24. The van der Waals surface area contributed by atoms with Crippen molar-refractivity contribution in [1.82, 2.24) is 10.2 Å². The molecule has 1 spiro atoms. The largest absolute Gasteiger partial charge is 0.455 e. The number of benzene rings is 3. The van der Waals surface area contributed by atoms with Crippen LogP contribution in [-0.4, -0.2) is 90.4 Å². The number of aliphatic hydroxyl groups is 1. The van der Waals surface area contributed by atoms with E-state index in [1.54, 1.807) is 60.7 Å². The zero-order valence-electron chi connectivity index (χ0n) is 30.9. The monoisotopic (exact) mass is 769 g/mol. The summed E-state index contributed by atoms with van der Waals surface area (Å²) in [5, 5.41) is 14.2. The summed E-state index contributed by atoms with van der Waals surface area (Å²) in [6.07, 6.45) is 3.16. The molecule has 3 aromatic carbocycles. The van der Waals surface area contributed by atoms with Gasteiger partial charge in [0.1, 0.15) is 17.7 Å². The van der Waals surface area contributed by atoms with Gasteiger partial charge in [-0.25, -0.2) is 0 Å². The highest BCUT2D eigenvalue weighted by Crippen LogP contribution is 2.59. The molecule has 12 heteroatoms. The Labute approximate surface area is 326 Å². The van der Waals surface area contributed by atoms with E-state index in [1.165, 1.54) is 16.9 Å². The van der Waals surface area contributed by atoms with Crippen LogP contribution in [0.1, 0.15) is 42.9 Å². The van der Waals surface area contributed by atoms with Crippen molar-refractivity contribution in [2.24, 2.45) is 11.8 Å². The van der Waals surface area contributed by atoms with Crippen LogP contribution in [0.15, 0.2) is 110 Å². The Bertz CT molecular complexity index is 1860. The Morgan fingerprint density at radius 3 is 2.40 bits per heavy atom. The first kappa shape index (κ1) is 39.9. The number of para-hydroxylation sites is 1. The number of amides is 3. The van der Waals surface area contributed by atoms with E-state index in [4.69, 9.17) is 25.8 Å². The van der Waals surface area contributed by atoms with Gasteiger partial charge in [0, 0.05) is 20.1 Å². The molecule has 2 N–H and O–H groups in total. The summed E-state index contributed by atoms with van der Waals surface area (Å²) in [6, 6.07) is 22.6. The molecule has 3 amide bonds. The third-order valence-electron chi connectivity index (χ3n) is 10.9. The maximum atomic E-state index is 15.1. The highest BCUT2D eigenvalue weighted by atomic mass is 35.5. The van der Waals surface area contributed by atoms with Gasteiger partial charge in [-0.1, -0.05) is 96.5 Å². The molecule has 3 aliphatic rings. The fourth-order valence-electron chi connectivity index (χ4n) is 8.55. The number of likely N-dealkylation sites (tertiary alicyclic amines) is 1. The number of carbonyl (C=O) groups is 4. The summed E-state index contributed by atoms with van der Waals surface area (Å²) in [5.74, 6) is -4.05. The number of halogens is 1. The molecule has 55 heavy (non-hydrogen) atoms. The molecule has 8 atom stereocenters. The van der Waals surface area contributed by atoms with Gasteiger partial charge in [-0.15, -0.1) is 13.2 Å². The maximum Gasteiger partial charge on any atom is 0.313 e. The third-order valence-corrected chi connectivity index (χ3v) is 11.2. The van der Waals surface area contributed by atoms with Crippen LogP contribution in [0.3, 0.4) is 0 Å². The number of hydrogen-bond donors (Lipinski definition) is 2. The average molecular weight is 770 g/mol. The van der Waals surface area contributed by atoms with Gasteiger partial charge in [0.2, 0.25) is 11.8 Å². The van der Waals surface area contributed by atoms with Crippen LogP contribution in [0.5, 0.6) is 0 Å². The van der Waals surface area contributed by atoms with Gasteiger partial charge < -0.3 is 34.4 Å². The first-order valence-electron chi connectivity index (χ1n) is 18.6. The van der Waals surface area contributed by atoms with Crippen molar-refractivity contribution in [3.63, 3.8) is 0 Å². The lowest BCUT2D eigenvalue weighted by molar-refractivity contribution is -0.163. The number of carbonyl (C=O) groups excluding carboxylic acids is 4. The van der Waals surface area contributed by atoms with Crippen molar-refractivity contribution < 1.29 is 38.5 Å². The number of esters is 1. The summed E-state index contributed by atoms with van der Waals surface area (Å²) < 4.78 is 18.6.